The van der Waals surface area contributed by atoms with Gasteiger partial charge in [-0.3, -0.25) is 9.69 Å². The second-order valence-electron chi connectivity index (χ2n) is 8.06. The smallest absolute Gasteiger partial charge is 0.341 e. The lowest BCUT2D eigenvalue weighted by molar-refractivity contribution is -0.138. The lowest BCUT2D eigenvalue weighted by Crippen LogP contribution is -2.45. The maximum atomic E-state index is 13.3. The van der Waals surface area contributed by atoms with Gasteiger partial charge in [-0.15, -0.1) is 5.10 Å². The number of halogens is 3. The molecule has 1 aromatic heterocycles. The van der Waals surface area contributed by atoms with Gasteiger partial charge in [0.2, 0.25) is 5.91 Å². The average Bonchev–Trinajstić information content (AvgIpc) is 3.31. The van der Waals surface area contributed by atoms with Crippen LogP contribution in [0.5, 0.6) is 0 Å². The van der Waals surface area contributed by atoms with Crippen molar-refractivity contribution in [2.24, 2.45) is 0 Å². The summed E-state index contributed by atoms with van der Waals surface area (Å²) in [6.07, 6.45) is 1.89. The largest absolute Gasteiger partial charge is 0.416 e. The van der Waals surface area contributed by atoms with Crippen LogP contribution in [0.2, 0.25) is 0 Å². The van der Waals surface area contributed by atoms with E-state index in [1.807, 2.05) is 9.80 Å². The molecule has 2 saturated heterocycles. The molecule has 10 heteroatoms. The van der Waals surface area contributed by atoms with Crippen molar-refractivity contribution in [3.05, 3.63) is 41.7 Å². The Hall–Kier alpha value is -2.49. The fraction of sp³-hybridized carbons (Fsp3) is 0.600. The molecule has 1 aromatic carbocycles. The predicted octanol–water partition coefficient (Wildman–Crippen LogP) is 2.91. The van der Waals surface area contributed by atoms with Crippen LogP contribution >= 0.6 is 0 Å². The van der Waals surface area contributed by atoms with Gasteiger partial charge >= 0.3 is 6.18 Å². The third-order valence-corrected chi connectivity index (χ3v) is 5.96. The predicted molar refractivity (Wildman–Crippen MR) is 102 cm³/mol. The molecule has 2 aromatic rings. The van der Waals surface area contributed by atoms with Crippen LogP contribution in [-0.2, 0) is 17.5 Å². The molecule has 2 aliphatic heterocycles. The first-order valence-electron chi connectivity index (χ1n) is 10.3. The summed E-state index contributed by atoms with van der Waals surface area (Å²) in [4.78, 5) is 17.2. The van der Waals surface area contributed by atoms with Gasteiger partial charge in [-0.05, 0) is 41.3 Å². The molecule has 4 rings (SSSR count). The first-order chi connectivity index (χ1) is 14.4. The van der Waals surface area contributed by atoms with E-state index in [1.54, 1.807) is 10.7 Å². The van der Waals surface area contributed by atoms with Gasteiger partial charge in [0, 0.05) is 26.2 Å². The van der Waals surface area contributed by atoms with Gasteiger partial charge in [0.05, 0.1) is 17.6 Å². The first kappa shape index (κ1) is 20.8. The minimum atomic E-state index is -4.39. The highest BCUT2D eigenvalue weighted by Gasteiger charge is 2.40. The molecule has 2 fully saturated rings. The third-order valence-electron chi connectivity index (χ3n) is 5.96. The molecule has 0 unspecified atom stereocenters. The van der Waals surface area contributed by atoms with Crippen LogP contribution in [-0.4, -0.2) is 61.6 Å². The Bertz CT molecular complexity index is 848. The van der Waals surface area contributed by atoms with Crippen LogP contribution in [0.1, 0.15) is 49.3 Å². The van der Waals surface area contributed by atoms with Gasteiger partial charge in [0.15, 0.2) is 0 Å². The highest BCUT2D eigenvalue weighted by molar-refractivity contribution is 5.82. The molecule has 7 nitrogen and oxygen atoms in total. The summed E-state index contributed by atoms with van der Waals surface area (Å²) >= 11 is 0. The zero-order chi connectivity index (χ0) is 21.1. The van der Waals surface area contributed by atoms with Crippen molar-refractivity contribution in [3.63, 3.8) is 0 Å². The van der Waals surface area contributed by atoms with Gasteiger partial charge in [-0.2, -0.15) is 13.2 Å². The number of amides is 1. The lowest BCUT2D eigenvalue weighted by atomic mass is 10.1. The highest BCUT2D eigenvalue weighted by atomic mass is 19.4. The van der Waals surface area contributed by atoms with E-state index < -0.39 is 17.8 Å². The molecule has 30 heavy (non-hydrogen) atoms. The summed E-state index contributed by atoms with van der Waals surface area (Å²) in [5.74, 6) is 0.0550. The first-order valence-corrected chi connectivity index (χ1v) is 10.3. The number of carbonyl (C=O) groups excluding carboxylic acids is 1. The van der Waals surface area contributed by atoms with Gasteiger partial charge in [0.25, 0.3) is 0 Å². The normalized spacial score (nSPS) is 23.5. The number of rotatable bonds is 4. The molecular weight excluding hydrogens is 397 g/mol. The second kappa shape index (κ2) is 8.71. The Morgan fingerprint density at radius 1 is 1.13 bits per heavy atom. The maximum Gasteiger partial charge on any atom is 0.416 e. The fourth-order valence-electron chi connectivity index (χ4n) is 4.42. The number of benzene rings is 1. The minimum Gasteiger partial charge on any atom is -0.341 e. The van der Waals surface area contributed by atoms with E-state index in [2.05, 4.69) is 15.5 Å². The number of nitrogens with zero attached hydrogens (tertiary/aromatic N) is 6. The maximum absolute atomic E-state index is 13.3. The number of hydrogen-bond acceptors (Lipinski definition) is 5. The van der Waals surface area contributed by atoms with Gasteiger partial charge in [-0.1, -0.05) is 31.0 Å². The number of aromatic nitrogens is 4. The number of hydrogen-bond donors (Lipinski definition) is 0. The number of alkyl halides is 3. The molecule has 0 saturated carbocycles. The summed E-state index contributed by atoms with van der Waals surface area (Å²) in [7, 11) is 0. The van der Waals surface area contributed by atoms with Crippen molar-refractivity contribution >= 4 is 5.91 Å². The molecular formula is C20H25F3N6O. The summed E-state index contributed by atoms with van der Waals surface area (Å²) < 4.78 is 41.0. The van der Waals surface area contributed by atoms with E-state index in [0.717, 1.165) is 50.9 Å². The van der Waals surface area contributed by atoms with Crippen molar-refractivity contribution < 1.29 is 18.0 Å². The SMILES string of the molecule is O=C([C@@H]1C[C@@H](n2cnnn2)CN1Cc1cccc(C(F)(F)F)c1)N1CCCCCC1. The highest BCUT2D eigenvalue weighted by Crippen LogP contribution is 2.32. The Balaban J connectivity index is 1.55. The van der Waals surface area contributed by atoms with E-state index >= 15 is 0 Å². The second-order valence-corrected chi connectivity index (χ2v) is 8.06. The molecule has 1 amide bonds. The third kappa shape index (κ3) is 4.63. The van der Waals surface area contributed by atoms with Crippen LogP contribution in [0.25, 0.3) is 0 Å². The van der Waals surface area contributed by atoms with E-state index in [-0.39, 0.29) is 18.5 Å². The van der Waals surface area contributed by atoms with E-state index in [9.17, 15) is 18.0 Å². The Morgan fingerprint density at radius 3 is 2.57 bits per heavy atom. The van der Waals surface area contributed by atoms with Crippen molar-refractivity contribution in [2.75, 3.05) is 19.6 Å². The summed E-state index contributed by atoms with van der Waals surface area (Å²) in [5, 5.41) is 11.3. The minimum absolute atomic E-state index is 0.0550. The monoisotopic (exact) mass is 422 g/mol. The topological polar surface area (TPSA) is 67.2 Å². The number of carbonyl (C=O) groups is 1. The van der Waals surface area contributed by atoms with E-state index in [4.69, 9.17) is 0 Å². The van der Waals surface area contributed by atoms with Gasteiger partial charge < -0.3 is 4.90 Å². The van der Waals surface area contributed by atoms with Crippen LogP contribution in [0.4, 0.5) is 13.2 Å². The van der Waals surface area contributed by atoms with Crippen LogP contribution < -0.4 is 0 Å². The molecule has 2 atom stereocenters. The molecule has 0 N–H and O–H groups in total. The summed E-state index contributed by atoms with van der Waals surface area (Å²) in [6, 6.07) is 4.83. The van der Waals surface area contributed by atoms with E-state index in [0.29, 0.717) is 18.5 Å². The number of likely N-dealkylation sites (tertiary alicyclic amines) is 2. The molecule has 0 spiro atoms. The standard InChI is InChI=1S/C20H25F3N6O/c21-20(22,23)16-7-5-6-15(10-16)12-28-13-17(29-14-24-25-26-29)11-18(28)19(30)27-8-3-1-2-4-9-27/h5-7,10,14,17-18H,1-4,8-9,11-13H2/t17-,18+/m1/s1. The fourth-order valence-corrected chi connectivity index (χ4v) is 4.42. The van der Waals surface area contributed by atoms with Crippen molar-refractivity contribution in [1.29, 1.82) is 0 Å². The quantitative estimate of drug-likeness (QED) is 0.758. The molecule has 0 aliphatic carbocycles. The van der Waals surface area contributed by atoms with Crippen molar-refractivity contribution in [2.45, 2.75) is 56.9 Å². The van der Waals surface area contributed by atoms with Gasteiger partial charge in [0.1, 0.15) is 6.33 Å². The lowest BCUT2D eigenvalue weighted by Gasteiger charge is -2.29. The molecule has 0 bridgehead atoms. The number of tetrazole rings is 1. The summed E-state index contributed by atoms with van der Waals surface area (Å²) in [5.41, 5.74) is -0.137. The molecule has 162 valence electrons. The van der Waals surface area contributed by atoms with Crippen molar-refractivity contribution in [3.8, 4) is 0 Å². The molecule has 2 aliphatic rings. The molecule has 3 heterocycles. The van der Waals surface area contributed by atoms with Crippen molar-refractivity contribution in [1.82, 2.24) is 30.0 Å². The Kier molecular flexibility index (Phi) is 6.03. The average molecular weight is 422 g/mol. The zero-order valence-corrected chi connectivity index (χ0v) is 16.6. The van der Waals surface area contributed by atoms with Crippen LogP contribution in [0.3, 0.4) is 0 Å². The van der Waals surface area contributed by atoms with Crippen LogP contribution in [0, 0.1) is 0 Å². The van der Waals surface area contributed by atoms with Gasteiger partial charge in [-0.25, -0.2) is 4.68 Å². The molecule has 0 radical (unpaired) electrons. The van der Waals surface area contributed by atoms with Crippen LogP contribution in [0.15, 0.2) is 30.6 Å². The Morgan fingerprint density at radius 2 is 1.90 bits per heavy atom. The Labute approximate surface area is 172 Å². The summed E-state index contributed by atoms with van der Waals surface area (Å²) in [6.45, 7) is 2.25. The zero-order valence-electron chi connectivity index (χ0n) is 16.6. The van der Waals surface area contributed by atoms with E-state index in [1.165, 1.54) is 12.4 Å².